The van der Waals surface area contributed by atoms with Gasteiger partial charge in [-0.1, -0.05) is 6.92 Å². The first kappa shape index (κ1) is 17.3. The van der Waals surface area contributed by atoms with E-state index in [4.69, 9.17) is 0 Å². The number of aromatic nitrogens is 3. The van der Waals surface area contributed by atoms with E-state index < -0.39 is 10.0 Å². The van der Waals surface area contributed by atoms with Gasteiger partial charge in [0.05, 0.1) is 5.69 Å². The van der Waals surface area contributed by atoms with Gasteiger partial charge in [-0.15, -0.1) is 0 Å². The van der Waals surface area contributed by atoms with Gasteiger partial charge in [0.2, 0.25) is 10.0 Å². The topological polar surface area (TPSA) is 71.3 Å². The third-order valence-electron chi connectivity index (χ3n) is 4.92. The minimum Gasteiger partial charge on any atom is -0.299 e. The predicted octanol–water partition coefficient (Wildman–Crippen LogP) is 1.38. The molecule has 0 aliphatic carbocycles. The zero-order chi connectivity index (χ0) is 17.5. The lowest BCUT2D eigenvalue weighted by molar-refractivity contribution is 0.237. The molecule has 1 aliphatic heterocycles. The summed E-state index contributed by atoms with van der Waals surface area (Å²) in [6.45, 7) is 6.51. The van der Waals surface area contributed by atoms with Crippen molar-refractivity contribution in [1.82, 2.24) is 24.0 Å². The van der Waals surface area contributed by atoms with Gasteiger partial charge in [0.15, 0.2) is 5.65 Å². The molecule has 0 spiro atoms. The predicted molar refractivity (Wildman–Crippen MR) is 93.3 cm³/mol. The van der Waals surface area contributed by atoms with Gasteiger partial charge in [-0.25, -0.2) is 13.4 Å². The van der Waals surface area contributed by atoms with Crippen LogP contribution in [0.3, 0.4) is 0 Å². The van der Waals surface area contributed by atoms with Gasteiger partial charge in [0.25, 0.3) is 0 Å². The van der Waals surface area contributed by atoms with Crippen LogP contribution in [-0.2, 0) is 17.1 Å². The first-order chi connectivity index (χ1) is 11.3. The van der Waals surface area contributed by atoms with Crippen molar-refractivity contribution in [3.05, 3.63) is 18.0 Å². The molecule has 1 fully saturated rings. The normalized spacial score (nSPS) is 19.6. The van der Waals surface area contributed by atoms with Crippen molar-refractivity contribution in [3.8, 4) is 0 Å². The Morgan fingerprint density at radius 2 is 2.17 bits per heavy atom. The van der Waals surface area contributed by atoms with Crippen molar-refractivity contribution in [2.75, 3.05) is 26.7 Å². The van der Waals surface area contributed by atoms with E-state index in [0.29, 0.717) is 18.2 Å². The van der Waals surface area contributed by atoms with E-state index in [2.05, 4.69) is 21.9 Å². The molecule has 2 aromatic heterocycles. The summed E-state index contributed by atoms with van der Waals surface area (Å²) >= 11 is 0. The molecule has 3 heterocycles. The number of likely N-dealkylation sites (N-methyl/N-ethyl adjacent to an activating group) is 2. The smallest absolute Gasteiger partial charge is 0.244 e. The van der Waals surface area contributed by atoms with Gasteiger partial charge >= 0.3 is 0 Å². The minimum absolute atomic E-state index is 0.231. The highest BCUT2D eigenvalue weighted by Crippen LogP contribution is 2.23. The molecule has 3 rings (SSSR count). The summed E-state index contributed by atoms with van der Waals surface area (Å²) in [7, 11) is -0.0878. The molecule has 1 aliphatic rings. The summed E-state index contributed by atoms with van der Waals surface area (Å²) < 4.78 is 29.0. The molecule has 7 nitrogen and oxygen atoms in total. The Bertz CT molecular complexity index is 846. The number of rotatable bonds is 5. The fraction of sp³-hybridized carbons (Fsp3) is 0.625. The quantitative estimate of drug-likeness (QED) is 0.814. The van der Waals surface area contributed by atoms with Crippen molar-refractivity contribution in [1.29, 1.82) is 0 Å². The molecule has 2 aromatic rings. The molecule has 0 saturated carbocycles. The molecule has 0 aromatic carbocycles. The van der Waals surface area contributed by atoms with Crippen molar-refractivity contribution in [2.24, 2.45) is 7.05 Å². The van der Waals surface area contributed by atoms with Crippen LogP contribution in [0.2, 0.25) is 0 Å². The number of likely N-dealkylation sites (tertiary alicyclic amines) is 1. The summed E-state index contributed by atoms with van der Waals surface area (Å²) in [4.78, 5) is 6.87. The maximum Gasteiger partial charge on any atom is 0.244 e. The highest BCUT2D eigenvalue weighted by molar-refractivity contribution is 7.89. The maximum absolute atomic E-state index is 12.9. The highest BCUT2D eigenvalue weighted by atomic mass is 32.2. The van der Waals surface area contributed by atoms with E-state index in [1.807, 2.05) is 14.0 Å². The van der Waals surface area contributed by atoms with Gasteiger partial charge in [-0.05, 0) is 38.9 Å². The van der Waals surface area contributed by atoms with Gasteiger partial charge in [-0.2, -0.15) is 9.40 Å². The lowest BCUT2D eigenvalue weighted by Crippen LogP contribution is -2.41. The average molecular weight is 351 g/mol. The maximum atomic E-state index is 12.9. The molecule has 0 N–H and O–H groups in total. The van der Waals surface area contributed by atoms with Crippen molar-refractivity contribution >= 4 is 21.1 Å². The SMILES string of the molecule is CCN1CCC[C@@H]1CN(C)S(=O)(=O)c1cnc2c(c1)c(C)nn2C. The number of hydrogen-bond donors (Lipinski definition) is 0. The number of fused-ring (bicyclic) bond motifs is 1. The van der Waals surface area contributed by atoms with Gasteiger partial charge < -0.3 is 0 Å². The van der Waals surface area contributed by atoms with E-state index >= 15 is 0 Å². The largest absolute Gasteiger partial charge is 0.299 e. The molecule has 0 bridgehead atoms. The fourth-order valence-electron chi connectivity index (χ4n) is 3.52. The van der Waals surface area contributed by atoms with E-state index in [0.717, 1.165) is 37.0 Å². The van der Waals surface area contributed by atoms with Crippen LogP contribution in [0.4, 0.5) is 0 Å². The van der Waals surface area contributed by atoms with Crippen molar-refractivity contribution < 1.29 is 8.42 Å². The van der Waals surface area contributed by atoms with Gasteiger partial charge in [0, 0.05) is 38.3 Å². The number of hydrogen-bond acceptors (Lipinski definition) is 5. The summed E-state index contributed by atoms with van der Waals surface area (Å²) in [5.74, 6) is 0. The third kappa shape index (κ3) is 2.94. The Labute approximate surface area is 143 Å². The Morgan fingerprint density at radius 3 is 2.88 bits per heavy atom. The molecule has 1 atom stereocenters. The molecule has 8 heteroatoms. The highest BCUT2D eigenvalue weighted by Gasteiger charge is 2.29. The molecule has 24 heavy (non-hydrogen) atoms. The molecular formula is C16H25N5O2S. The van der Waals surface area contributed by atoms with E-state index in [9.17, 15) is 8.42 Å². The third-order valence-corrected chi connectivity index (χ3v) is 6.71. The summed E-state index contributed by atoms with van der Waals surface area (Å²) in [6, 6.07) is 1.98. The Balaban J connectivity index is 1.88. The van der Waals surface area contributed by atoms with Crippen LogP contribution in [-0.4, -0.2) is 65.1 Å². The second kappa shape index (κ2) is 6.42. The second-order valence-electron chi connectivity index (χ2n) is 6.46. The van der Waals surface area contributed by atoms with Crippen LogP contribution < -0.4 is 0 Å². The summed E-state index contributed by atoms with van der Waals surface area (Å²) in [6.07, 6.45) is 3.61. The van der Waals surface area contributed by atoms with Gasteiger partial charge in [-0.3, -0.25) is 9.58 Å². The number of sulfonamides is 1. The Hall–Kier alpha value is -1.51. The molecule has 132 valence electrons. The van der Waals surface area contributed by atoms with Crippen LogP contribution in [0, 0.1) is 6.92 Å². The van der Waals surface area contributed by atoms with Crippen molar-refractivity contribution in [3.63, 3.8) is 0 Å². The van der Waals surface area contributed by atoms with Crippen LogP contribution in [0.5, 0.6) is 0 Å². The summed E-state index contributed by atoms with van der Waals surface area (Å²) in [5.41, 5.74) is 1.48. The van der Waals surface area contributed by atoms with Crippen LogP contribution in [0.15, 0.2) is 17.2 Å². The van der Waals surface area contributed by atoms with E-state index in [1.165, 1.54) is 10.5 Å². The number of aryl methyl sites for hydroxylation is 2. The molecular weight excluding hydrogens is 326 g/mol. The Kier molecular flexibility index (Phi) is 4.63. The van der Waals surface area contributed by atoms with Gasteiger partial charge in [0.1, 0.15) is 4.90 Å². The molecule has 0 radical (unpaired) electrons. The lowest BCUT2D eigenvalue weighted by Gasteiger charge is -2.27. The molecule has 0 unspecified atom stereocenters. The molecule has 0 amide bonds. The first-order valence-corrected chi connectivity index (χ1v) is 9.78. The monoisotopic (exact) mass is 351 g/mol. The zero-order valence-corrected chi connectivity index (χ0v) is 15.5. The summed E-state index contributed by atoms with van der Waals surface area (Å²) in [5, 5.41) is 5.08. The van der Waals surface area contributed by atoms with Crippen LogP contribution in [0.25, 0.3) is 11.0 Å². The second-order valence-corrected chi connectivity index (χ2v) is 8.51. The Morgan fingerprint density at radius 1 is 1.42 bits per heavy atom. The zero-order valence-electron chi connectivity index (χ0n) is 14.7. The first-order valence-electron chi connectivity index (χ1n) is 8.34. The van der Waals surface area contributed by atoms with Crippen molar-refractivity contribution in [2.45, 2.75) is 37.6 Å². The van der Waals surface area contributed by atoms with E-state index in [-0.39, 0.29) is 4.90 Å². The number of pyridine rings is 1. The fourth-order valence-corrected chi connectivity index (χ4v) is 4.70. The number of nitrogens with zero attached hydrogens (tertiary/aromatic N) is 5. The minimum atomic E-state index is -3.55. The van der Waals surface area contributed by atoms with Crippen LogP contribution >= 0.6 is 0 Å². The standard InChI is InChI=1S/C16H25N5O2S/c1-5-21-8-6-7-13(21)11-19(3)24(22,23)14-9-15-12(2)18-20(4)16(15)17-10-14/h9-10,13H,5-8,11H2,1-4H3/t13-/m1/s1. The average Bonchev–Trinajstić information content (AvgIpc) is 3.11. The van der Waals surface area contributed by atoms with Crippen LogP contribution in [0.1, 0.15) is 25.5 Å². The van der Waals surface area contributed by atoms with E-state index in [1.54, 1.807) is 17.8 Å². The lowest BCUT2D eigenvalue weighted by atomic mass is 10.2. The molecule has 1 saturated heterocycles.